The normalized spacial score (nSPS) is 15.5. The Kier molecular flexibility index (Phi) is 3.44. The molecule has 1 aromatic rings. The van der Waals surface area contributed by atoms with Crippen LogP contribution in [0.4, 0.5) is 0 Å². The Morgan fingerprint density at radius 3 is 2.75 bits per heavy atom. The van der Waals surface area contributed by atoms with Crippen molar-refractivity contribution in [1.82, 2.24) is 4.98 Å². The molecule has 0 spiro atoms. The van der Waals surface area contributed by atoms with Crippen molar-refractivity contribution in [3.8, 4) is 5.88 Å². The van der Waals surface area contributed by atoms with E-state index in [-0.39, 0.29) is 0 Å². The summed E-state index contributed by atoms with van der Waals surface area (Å²) in [6.07, 6.45) is 2.60. The van der Waals surface area contributed by atoms with E-state index >= 15 is 0 Å². The predicted octanol–water partition coefficient (Wildman–Crippen LogP) is 2.45. The third kappa shape index (κ3) is 2.95. The third-order valence-corrected chi connectivity index (χ3v) is 2.87. The van der Waals surface area contributed by atoms with Gasteiger partial charge in [-0.3, -0.25) is 0 Å². The first-order chi connectivity index (χ1) is 7.69. The summed E-state index contributed by atoms with van der Waals surface area (Å²) < 4.78 is 5.70. The number of aromatic nitrogens is 1. The van der Waals surface area contributed by atoms with E-state index in [9.17, 15) is 0 Å². The molecule has 0 atom stereocenters. The summed E-state index contributed by atoms with van der Waals surface area (Å²) in [7, 11) is 0. The molecule has 16 heavy (non-hydrogen) atoms. The minimum Gasteiger partial charge on any atom is -0.477 e. The van der Waals surface area contributed by atoms with Crippen molar-refractivity contribution in [2.24, 2.45) is 11.7 Å². The highest BCUT2D eigenvalue weighted by atomic mass is 16.5. The number of hydrogen-bond acceptors (Lipinski definition) is 3. The molecule has 3 nitrogen and oxygen atoms in total. The van der Waals surface area contributed by atoms with Crippen molar-refractivity contribution < 1.29 is 4.74 Å². The average Bonchev–Trinajstić information content (AvgIpc) is 3.09. The van der Waals surface area contributed by atoms with Crippen molar-refractivity contribution in [1.29, 1.82) is 0 Å². The molecule has 0 radical (unpaired) electrons. The van der Waals surface area contributed by atoms with Gasteiger partial charge in [-0.15, -0.1) is 0 Å². The molecule has 0 unspecified atom stereocenters. The van der Waals surface area contributed by atoms with Crippen molar-refractivity contribution >= 4 is 0 Å². The van der Waals surface area contributed by atoms with E-state index in [0.29, 0.717) is 12.5 Å². The zero-order chi connectivity index (χ0) is 11.5. The van der Waals surface area contributed by atoms with Gasteiger partial charge in [0.05, 0.1) is 6.61 Å². The molecule has 0 saturated heterocycles. The summed E-state index contributed by atoms with van der Waals surface area (Å²) in [6.45, 7) is 5.61. The summed E-state index contributed by atoms with van der Waals surface area (Å²) in [5.41, 5.74) is 7.84. The lowest BCUT2D eigenvalue weighted by Gasteiger charge is -2.11. The standard InChI is InChI=1S/C13H20N2O/c1-9(2)12-5-11(7-14)6-13(15-12)16-8-10-3-4-10/h5-6,9-10H,3-4,7-8,14H2,1-2H3. The van der Waals surface area contributed by atoms with Gasteiger partial charge in [0.2, 0.25) is 5.88 Å². The van der Waals surface area contributed by atoms with Crippen LogP contribution in [-0.4, -0.2) is 11.6 Å². The molecule has 1 aliphatic rings. The summed E-state index contributed by atoms with van der Waals surface area (Å²) in [6, 6.07) is 4.02. The summed E-state index contributed by atoms with van der Waals surface area (Å²) >= 11 is 0. The highest BCUT2D eigenvalue weighted by molar-refractivity contribution is 5.26. The monoisotopic (exact) mass is 220 g/mol. The number of nitrogens with two attached hydrogens (primary N) is 1. The molecular weight excluding hydrogens is 200 g/mol. The van der Waals surface area contributed by atoms with Crippen molar-refractivity contribution in [3.63, 3.8) is 0 Å². The van der Waals surface area contributed by atoms with Crippen LogP contribution in [0.3, 0.4) is 0 Å². The fraction of sp³-hybridized carbons (Fsp3) is 0.615. The van der Waals surface area contributed by atoms with Gasteiger partial charge in [-0.2, -0.15) is 0 Å². The fourth-order valence-corrected chi connectivity index (χ4v) is 1.56. The minimum absolute atomic E-state index is 0.412. The summed E-state index contributed by atoms with van der Waals surface area (Å²) in [5.74, 6) is 1.90. The molecule has 88 valence electrons. The van der Waals surface area contributed by atoms with E-state index in [1.54, 1.807) is 0 Å². The molecule has 3 heteroatoms. The Morgan fingerprint density at radius 2 is 2.19 bits per heavy atom. The molecule has 1 saturated carbocycles. The van der Waals surface area contributed by atoms with Crippen molar-refractivity contribution in [3.05, 3.63) is 23.4 Å². The van der Waals surface area contributed by atoms with Gasteiger partial charge in [0.25, 0.3) is 0 Å². The average molecular weight is 220 g/mol. The lowest BCUT2D eigenvalue weighted by Crippen LogP contribution is -2.06. The van der Waals surface area contributed by atoms with Crippen molar-refractivity contribution in [2.45, 2.75) is 39.2 Å². The SMILES string of the molecule is CC(C)c1cc(CN)cc(OCC2CC2)n1. The maximum absolute atomic E-state index is 5.70. The van der Waals surface area contributed by atoms with Crippen LogP contribution in [0.15, 0.2) is 12.1 Å². The molecule has 1 fully saturated rings. The topological polar surface area (TPSA) is 48.1 Å². The predicted molar refractivity (Wildman–Crippen MR) is 64.4 cm³/mol. The van der Waals surface area contributed by atoms with Crippen LogP contribution in [0.1, 0.15) is 43.9 Å². The van der Waals surface area contributed by atoms with Crippen LogP contribution in [0.2, 0.25) is 0 Å². The number of pyridine rings is 1. The van der Waals surface area contributed by atoms with Gasteiger partial charge in [0.15, 0.2) is 0 Å². The van der Waals surface area contributed by atoms with Crippen LogP contribution in [0.25, 0.3) is 0 Å². The smallest absolute Gasteiger partial charge is 0.213 e. The Bertz CT molecular complexity index is 359. The van der Waals surface area contributed by atoms with E-state index < -0.39 is 0 Å². The Hall–Kier alpha value is -1.09. The van der Waals surface area contributed by atoms with E-state index in [1.807, 2.05) is 6.07 Å². The number of ether oxygens (including phenoxy) is 1. The first kappa shape index (κ1) is 11.4. The zero-order valence-corrected chi connectivity index (χ0v) is 10.1. The molecular formula is C13H20N2O. The molecule has 2 N–H and O–H groups in total. The molecule has 0 aliphatic heterocycles. The second-order valence-corrected chi connectivity index (χ2v) is 4.85. The van der Waals surface area contributed by atoms with E-state index in [0.717, 1.165) is 29.7 Å². The van der Waals surface area contributed by atoms with Gasteiger partial charge in [-0.1, -0.05) is 13.8 Å². The van der Waals surface area contributed by atoms with Gasteiger partial charge in [-0.25, -0.2) is 4.98 Å². The van der Waals surface area contributed by atoms with Crippen LogP contribution in [0, 0.1) is 5.92 Å². The second-order valence-electron chi connectivity index (χ2n) is 4.85. The molecule has 2 rings (SSSR count). The molecule has 0 aromatic carbocycles. The summed E-state index contributed by atoms with van der Waals surface area (Å²) in [4.78, 5) is 4.50. The Labute approximate surface area is 97.0 Å². The number of nitrogens with zero attached hydrogens (tertiary/aromatic N) is 1. The maximum atomic E-state index is 5.70. The third-order valence-electron chi connectivity index (χ3n) is 2.87. The molecule has 0 amide bonds. The van der Waals surface area contributed by atoms with E-state index in [1.165, 1.54) is 12.8 Å². The van der Waals surface area contributed by atoms with Crippen LogP contribution >= 0.6 is 0 Å². The Balaban J connectivity index is 2.11. The second kappa shape index (κ2) is 4.83. The van der Waals surface area contributed by atoms with Gasteiger partial charge < -0.3 is 10.5 Å². The highest BCUT2D eigenvalue weighted by Gasteiger charge is 2.22. The first-order valence-electron chi connectivity index (χ1n) is 6.02. The van der Waals surface area contributed by atoms with E-state index in [2.05, 4.69) is 24.9 Å². The van der Waals surface area contributed by atoms with Gasteiger partial charge in [0.1, 0.15) is 0 Å². The minimum atomic E-state index is 0.412. The zero-order valence-electron chi connectivity index (χ0n) is 10.1. The maximum Gasteiger partial charge on any atom is 0.213 e. The largest absolute Gasteiger partial charge is 0.477 e. The lowest BCUT2D eigenvalue weighted by molar-refractivity contribution is 0.287. The first-order valence-corrected chi connectivity index (χ1v) is 6.02. The number of hydrogen-bond donors (Lipinski definition) is 1. The molecule has 1 aromatic heterocycles. The highest BCUT2D eigenvalue weighted by Crippen LogP contribution is 2.29. The quantitative estimate of drug-likeness (QED) is 0.829. The van der Waals surface area contributed by atoms with Crippen LogP contribution < -0.4 is 10.5 Å². The molecule has 0 bridgehead atoms. The fourth-order valence-electron chi connectivity index (χ4n) is 1.56. The van der Waals surface area contributed by atoms with Crippen molar-refractivity contribution in [2.75, 3.05) is 6.61 Å². The Morgan fingerprint density at radius 1 is 1.44 bits per heavy atom. The molecule has 1 heterocycles. The van der Waals surface area contributed by atoms with Gasteiger partial charge in [-0.05, 0) is 36.3 Å². The van der Waals surface area contributed by atoms with E-state index in [4.69, 9.17) is 10.5 Å². The van der Waals surface area contributed by atoms with Gasteiger partial charge in [0, 0.05) is 18.3 Å². The number of rotatable bonds is 5. The molecule has 1 aliphatic carbocycles. The van der Waals surface area contributed by atoms with Gasteiger partial charge >= 0.3 is 0 Å². The summed E-state index contributed by atoms with van der Waals surface area (Å²) in [5, 5.41) is 0. The lowest BCUT2D eigenvalue weighted by atomic mass is 10.1. The van der Waals surface area contributed by atoms with Crippen LogP contribution in [0.5, 0.6) is 5.88 Å². The van der Waals surface area contributed by atoms with Crippen LogP contribution in [-0.2, 0) is 6.54 Å².